The van der Waals surface area contributed by atoms with E-state index in [1.807, 2.05) is 18.2 Å². The molecule has 0 amide bonds. The second-order valence-electron chi connectivity index (χ2n) is 4.29. The molecule has 0 spiro atoms. The van der Waals surface area contributed by atoms with Crippen LogP contribution in [0.1, 0.15) is 37.3 Å². The summed E-state index contributed by atoms with van der Waals surface area (Å²) in [5.74, 6) is 0. The largest absolute Gasteiger partial charge is 0.235 e. The molecule has 2 nitrogen and oxygen atoms in total. The number of aryl methyl sites for hydroxylation is 1. The van der Waals surface area contributed by atoms with Gasteiger partial charge in [0.2, 0.25) is 6.08 Å². The number of aliphatic imine (C=N–C) groups is 1. The molecule has 0 atom stereocenters. The second kappa shape index (κ2) is 4.40. The van der Waals surface area contributed by atoms with Crippen LogP contribution >= 0.6 is 11.6 Å². The number of carbonyl (C=O) groups excluding carboxylic acids is 1. The first-order chi connectivity index (χ1) is 7.72. The van der Waals surface area contributed by atoms with Crippen molar-refractivity contribution in [3.05, 3.63) is 34.3 Å². The van der Waals surface area contributed by atoms with Gasteiger partial charge in [0.15, 0.2) is 0 Å². The van der Waals surface area contributed by atoms with Crippen molar-refractivity contribution in [2.24, 2.45) is 4.99 Å². The molecule has 0 saturated heterocycles. The summed E-state index contributed by atoms with van der Waals surface area (Å²) in [6, 6.07) is 6.02. The van der Waals surface area contributed by atoms with Crippen molar-refractivity contribution >= 4 is 17.7 Å². The van der Waals surface area contributed by atoms with Crippen molar-refractivity contribution in [3.8, 4) is 0 Å². The molecule has 1 saturated carbocycles. The number of isocyanates is 1. The second-order valence-corrected chi connectivity index (χ2v) is 4.70. The zero-order valence-corrected chi connectivity index (χ0v) is 10.0. The van der Waals surface area contributed by atoms with Crippen molar-refractivity contribution in [1.29, 1.82) is 0 Å². The zero-order chi connectivity index (χ0) is 11.6. The summed E-state index contributed by atoms with van der Waals surface area (Å²) in [6.45, 7) is 2.13. The van der Waals surface area contributed by atoms with E-state index in [0.29, 0.717) is 0 Å². The first kappa shape index (κ1) is 11.4. The van der Waals surface area contributed by atoms with Crippen molar-refractivity contribution < 1.29 is 4.79 Å². The fourth-order valence-electron chi connectivity index (χ4n) is 1.98. The number of nitrogens with zero attached hydrogens (tertiary/aromatic N) is 1. The van der Waals surface area contributed by atoms with Crippen LogP contribution in [0.25, 0.3) is 0 Å². The Morgan fingerprint density at radius 1 is 1.50 bits per heavy atom. The van der Waals surface area contributed by atoms with Crippen LogP contribution in [0.3, 0.4) is 0 Å². The highest BCUT2D eigenvalue weighted by atomic mass is 35.5. The first-order valence-electron chi connectivity index (χ1n) is 5.60. The molecule has 3 heteroatoms. The maximum Gasteiger partial charge on any atom is 0.235 e. The highest BCUT2D eigenvalue weighted by Gasteiger charge is 2.44. The summed E-state index contributed by atoms with van der Waals surface area (Å²) in [4.78, 5) is 14.3. The summed E-state index contributed by atoms with van der Waals surface area (Å²) in [5, 5.41) is 0.784. The fourth-order valence-corrected chi connectivity index (χ4v) is 2.25. The molecular weight excluding hydrogens is 222 g/mol. The molecule has 1 aromatic carbocycles. The molecule has 1 aliphatic rings. The van der Waals surface area contributed by atoms with Gasteiger partial charge in [-0.3, -0.25) is 0 Å². The SMILES string of the molecule is CCCc1ccc(C2(N=C=O)CC2)cc1Cl. The van der Waals surface area contributed by atoms with E-state index in [-0.39, 0.29) is 5.54 Å². The Bertz CT molecular complexity index is 445. The summed E-state index contributed by atoms with van der Waals surface area (Å²) in [5.41, 5.74) is 1.90. The summed E-state index contributed by atoms with van der Waals surface area (Å²) < 4.78 is 0. The van der Waals surface area contributed by atoms with Gasteiger partial charge in [-0.1, -0.05) is 37.1 Å². The molecule has 0 radical (unpaired) electrons. The zero-order valence-electron chi connectivity index (χ0n) is 9.29. The van der Waals surface area contributed by atoms with Gasteiger partial charge in [0.1, 0.15) is 0 Å². The molecule has 0 aliphatic heterocycles. The number of benzene rings is 1. The smallest absolute Gasteiger partial charge is 0.211 e. The normalized spacial score (nSPS) is 16.6. The molecule has 0 bridgehead atoms. The minimum Gasteiger partial charge on any atom is -0.211 e. The lowest BCUT2D eigenvalue weighted by molar-refractivity contribution is 0.556. The van der Waals surface area contributed by atoms with Crippen LogP contribution in [0, 0.1) is 0 Å². The predicted molar refractivity (Wildman–Crippen MR) is 64.5 cm³/mol. The minimum absolute atomic E-state index is 0.309. The number of rotatable bonds is 4. The molecule has 1 fully saturated rings. The van der Waals surface area contributed by atoms with E-state index in [4.69, 9.17) is 11.6 Å². The molecule has 0 N–H and O–H groups in total. The topological polar surface area (TPSA) is 29.4 Å². The summed E-state index contributed by atoms with van der Waals surface area (Å²) in [7, 11) is 0. The highest BCUT2D eigenvalue weighted by molar-refractivity contribution is 6.31. The molecule has 0 unspecified atom stereocenters. The average Bonchev–Trinajstić information content (AvgIpc) is 3.03. The van der Waals surface area contributed by atoms with Crippen LogP contribution in [0.15, 0.2) is 23.2 Å². The van der Waals surface area contributed by atoms with Gasteiger partial charge in [-0.2, -0.15) is 4.99 Å². The third-order valence-electron chi connectivity index (χ3n) is 3.09. The third kappa shape index (κ3) is 2.04. The molecule has 16 heavy (non-hydrogen) atoms. The van der Waals surface area contributed by atoms with E-state index in [0.717, 1.165) is 36.3 Å². The van der Waals surface area contributed by atoms with Crippen molar-refractivity contribution in [2.45, 2.75) is 38.1 Å². The van der Waals surface area contributed by atoms with E-state index in [9.17, 15) is 4.79 Å². The van der Waals surface area contributed by atoms with Gasteiger partial charge in [-0.05, 0) is 36.5 Å². The van der Waals surface area contributed by atoms with Crippen molar-refractivity contribution in [1.82, 2.24) is 0 Å². The Morgan fingerprint density at radius 3 is 2.75 bits per heavy atom. The molecule has 0 heterocycles. The maximum atomic E-state index is 10.4. The Kier molecular flexibility index (Phi) is 3.13. The fraction of sp³-hybridized carbons (Fsp3) is 0.462. The molecule has 84 valence electrons. The van der Waals surface area contributed by atoms with Gasteiger partial charge in [0.25, 0.3) is 0 Å². The molecule has 1 aromatic rings. The van der Waals surface area contributed by atoms with Crippen LogP contribution in [-0.4, -0.2) is 6.08 Å². The molecule has 2 rings (SSSR count). The molecule has 0 aromatic heterocycles. The van der Waals surface area contributed by atoms with Crippen LogP contribution in [0.4, 0.5) is 0 Å². The van der Waals surface area contributed by atoms with Crippen LogP contribution in [0.2, 0.25) is 5.02 Å². The predicted octanol–water partition coefficient (Wildman–Crippen LogP) is 3.62. The Balaban J connectivity index is 2.31. The van der Waals surface area contributed by atoms with Crippen LogP contribution in [0.5, 0.6) is 0 Å². The highest BCUT2D eigenvalue weighted by Crippen LogP contribution is 2.49. The monoisotopic (exact) mass is 235 g/mol. The number of hydrogen-bond acceptors (Lipinski definition) is 2. The molecular formula is C13H14ClNO. The Hall–Kier alpha value is -1.11. The van der Waals surface area contributed by atoms with Crippen LogP contribution < -0.4 is 0 Å². The van der Waals surface area contributed by atoms with Gasteiger partial charge in [-0.15, -0.1) is 0 Å². The molecule has 1 aliphatic carbocycles. The van der Waals surface area contributed by atoms with Crippen molar-refractivity contribution in [2.75, 3.05) is 0 Å². The average molecular weight is 236 g/mol. The standard InChI is InChI=1S/C13H14ClNO/c1-2-3-10-4-5-11(8-12(10)14)13(6-7-13)15-9-16/h4-5,8H,2-3,6-7H2,1H3. The Labute approximate surface area is 100 Å². The van der Waals surface area contributed by atoms with E-state index in [1.165, 1.54) is 5.56 Å². The van der Waals surface area contributed by atoms with Gasteiger partial charge >= 0.3 is 0 Å². The van der Waals surface area contributed by atoms with Crippen LogP contribution in [-0.2, 0) is 16.8 Å². The Morgan fingerprint density at radius 2 is 2.25 bits per heavy atom. The van der Waals surface area contributed by atoms with Gasteiger partial charge in [0.05, 0.1) is 5.54 Å². The lowest BCUT2D eigenvalue weighted by Crippen LogP contribution is -2.02. The van der Waals surface area contributed by atoms with Crippen molar-refractivity contribution in [3.63, 3.8) is 0 Å². The van der Waals surface area contributed by atoms with E-state index < -0.39 is 0 Å². The minimum atomic E-state index is -0.309. The quantitative estimate of drug-likeness (QED) is 0.579. The van der Waals surface area contributed by atoms with Gasteiger partial charge in [0, 0.05) is 5.02 Å². The lowest BCUT2D eigenvalue weighted by Gasteiger charge is -2.10. The number of halogens is 1. The summed E-state index contributed by atoms with van der Waals surface area (Å²) >= 11 is 6.20. The maximum absolute atomic E-state index is 10.4. The van der Waals surface area contributed by atoms with Gasteiger partial charge < -0.3 is 0 Å². The first-order valence-corrected chi connectivity index (χ1v) is 5.97. The van der Waals surface area contributed by atoms with Gasteiger partial charge in [-0.25, -0.2) is 4.79 Å². The van der Waals surface area contributed by atoms with E-state index >= 15 is 0 Å². The van der Waals surface area contributed by atoms with E-state index in [2.05, 4.69) is 11.9 Å². The third-order valence-corrected chi connectivity index (χ3v) is 3.44. The van der Waals surface area contributed by atoms with E-state index in [1.54, 1.807) is 6.08 Å². The number of hydrogen-bond donors (Lipinski definition) is 0. The lowest BCUT2D eigenvalue weighted by atomic mass is 10.0. The summed E-state index contributed by atoms with van der Waals surface area (Å²) in [6.07, 6.45) is 5.57.